The van der Waals surface area contributed by atoms with Crippen LogP contribution in [0.2, 0.25) is 0 Å². The third-order valence-corrected chi connectivity index (χ3v) is 12.1. The fourth-order valence-electron chi connectivity index (χ4n) is 9.73. The van der Waals surface area contributed by atoms with Gasteiger partial charge in [0.05, 0.1) is 25.4 Å². The summed E-state index contributed by atoms with van der Waals surface area (Å²) in [4.78, 5) is 5.13. The number of likely N-dealkylation sites (tertiary alicyclic amines) is 1. The molecular weight excluding hydrogens is 755 g/mol. The predicted octanol–water partition coefficient (Wildman–Crippen LogP) is 6.76. The van der Waals surface area contributed by atoms with Crippen LogP contribution in [-0.4, -0.2) is 111 Å². The second-order valence-corrected chi connectivity index (χ2v) is 16.8. The quantitative estimate of drug-likeness (QED) is 0.221. The lowest BCUT2D eigenvalue weighted by molar-refractivity contribution is 0.0668. The Morgan fingerprint density at radius 1 is 0.930 bits per heavy atom. The van der Waals surface area contributed by atoms with Gasteiger partial charge in [-0.1, -0.05) is 44.2 Å². The zero-order valence-electron chi connectivity index (χ0n) is 33.8. The Kier molecular flexibility index (Phi) is 13.0. The molecule has 6 aliphatic rings. The number of rotatable bonds is 7. The molecule has 3 heterocycles. The fourth-order valence-corrected chi connectivity index (χ4v) is 9.73. The Morgan fingerprint density at radius 2 is 1.58 bits per heavy atom. The zero-order valence-corrected chi connectivity index (χ0v) is 34.6. The van der Waals surface area contributed by atoms with Gasteiger partial charge >= 0.3 is 0 Å². The number of hydrogen-bond acceptors (Lipinski definition) is 9. The monoisotopic (exact) mass is 810 g/mol. The molecule has 0 amide bonds. The van der Waals surface area contributed by atoms with Crippen LogP contribution in [0.25, 0.3) is 11.1 Å². The largest absolute Gasteiger partial charge is 0.507 e. The van der Waals surface area contributed by atoms with E-state index in [2.05, 4.69) is 67.0 Å². The lowest BCUT2D eigenvalue weighted by Crippen LogP contribution is -2.59. The van der Waals surface area contributed by atoms with Crippen molar-refractivity contribution in [1.29, 1.82) is 0 Å². The van der Waals surface area contributed by atoms with E-state index < -0.39 is 23.5 Å². The lowest BCUT2D eigenvalue weighted by atomic mass is 9.57. The van der Waals surface area contributed by atoms with E-state index in [4.69, 9.17) is 23.9 Å². The highest BCUT2D eigenvalue weighted by Crippen LogP contribution is 2.61. The molecule has 3 aromatic carbocycles. The molecule has 3 aliphatic carbocycles. The number of halogens is 2. The van der Waals surface area contributed by atoms with Gasteiger partial charge in [0.1, 0.15) is 43.0 Å². The molecule has 13 heteroatoms. The minimum Gasteiger partial charge on any atom is -0.507 e. The van der Waals surface area contributed by atoms with Crippen LogP contribution >= 0.6 is 0 Å². The second-order valence-electron chi connectivity index (χ2n) is 15.3. The number of allylic oxidation sites excluding steroid dienone is 2. The number of nitrogens with zero attached hydrogens (tertiary/aromatic N) is 2. The van der Waals surface area contributed by atoms with Crippen LogP contribution in [0, 0.1) is 13.8 Å². The highest BCUT2D eigenvalue weighted by molar-refractivity contribution is 7.85. The molecule has 3 aromatic rings. The molecule has 3 aliphatic heterocycles. The number of phenols is 1. The number of likely N-dealkylation sites (N-methyl/N-ethyl adjacent to an activating group) is 2. The second kappa shape index (κ2) is 17.5. The van der Waals surface area contributed by atoms with E-state index >= 15 is 0 Å². The van der Waals surface area contributed by atoms with Crippen molar-refractivity contribution in [1.82, 2.24) is 9.80 Å². The predicted molar refractivity (Wildman–Crippen MR) is 217 cm³/mol. The van der Waals surface area contributed by atoms with Crippen molar-refractivity contribution in [2.24, 2.45) is 0 Å². The maximum Gasteiger partial charge on any atom is 0.261 e. The molecule has 9 rings (SSSR count). The van der Waals surface area contributed by atoms with Gasteiger partial charge in [-0.05, 0) is 115 Å². The Morgan fingerprint density at radius 3 is 2.23 bits per heavy atom. The van der Waals surface area contributed by atoms with Gasteiger partial charge in [-0.25, -0.2) is 8.78 Å². The number of benzene rings is 3. The molecule has 10 nitrogen and oxygen atoms in total. The summed E-state index contributed by atoms with van der Waals surface area (Å²) in [6.45, 7) is 11.4. The number of ether oxygens (including phenoxy) is 3. The summed E-state index contributed by atoms with van der Waals surface area (Å²) in [5.41, 5.74) is 12.4. The van der Waals surface area contributed by atoms with Crippen LogP contribution in [0.3, 0.4) is 0 Å². The maximum absolute atomic E-state index is 12.6. The molecule has 1 saturated heterocycles. The van der Waals surface area contributed by atoms with E-state index in [9.17, 15) is 22.3 Å². The molecule has 4 atom stereocenters. The van der Waals surface area contributed by atoms with E-state index in [0.717, 1.165) is 80.1 Å². The van der Waals surface area contributed by atoms with Crippen molar-refractivity contribution < 1.29 is 46.2 Å². The van der Waals surface area contributed by atoms with Crippen LogP contribution in [0.5, 0.6) is 17.2 Å². The van der Waals surface area contributed by atoms with Crippen LogP contribution < -0.4 is 9.47 Å². The van der Waals surface area contributed by atoms with Crippen molar-refractivity contribution in [2.75, 3.05) is 66.1 Å². The van der Waals surface area contributed by atoms with Gasteiger partial charge in [0, 0.05) is 36.3 Å². The van der Waals surface area contributed by atoms with E-state index in [-0.39, 0.29) is 24.7 Å². The highest BCUT2D eigenvalue weighted by atomic mass is 32.2. The number of alkyl halides is 2. The van der Waals surface area contributed by atoms with E-state index in [0.29, 0.717) is 29.8 Å². The molecule has 2 bridgehead atoms. The highest BCUT2D eigenvalue weighted by Gasteiger charge is 2.61. The van der Waals surface area contributed by atoms with Crippen LogP contribution in [0.15, 0.2) is 59.9 Å². The van der Waals surface area contributed by atoms with Gasteiger partial charge < -0.3 is 24.4 Å². The van der Waals surface area contributed by atoms with E-state index in [1.54, 1.807) is 12.7 Å². The van der Waals surface area contributed by atoms with Gasteiger partial charge in [0.15, 0.2) is 6.10 Å². The van der Waals surface area contributed by atoms with E-state index in [1.165, 1.54) is 33.4 Å². The number of aliphatic hydroxyl groups is 1. The molecule has 3 N–H and O–H groups in total. The summed E-state index contributed by atoms with van der Waals surface area (Å²) in [5, 5.41) is 18.2. The minimum atomic E-state index is -3.67. The first-order chi connectivity index (χ1) is 27.3. The lowest BCUT2D eigenvalue weighted by Gasteiger charge is -2.53. The molecule has 0 saturated carbocycles. The third kappa shape index (κ3) is 8.06. The first-order valence-corrected chi connectivity index (χ1v) is 21.6. The first-order valence-electron chi connectivity index (χ1n) is 19.8. The van der Waals surface area contributed by atoms with Gasteiger partial charge in [0.2, 0.25) is 0 Å². The van der Waals surface area contributed by atoms with Crippen molar-refractivity contribution in [3.63, 3.8) is 0 Å². The van der Waals surface area contributed by atoms with Crippen molar-refractivity contribution >= 4 is 10.1 Å². The summed E-state index contributed by atoms with van der Waals surface area (Å²) >= 11 is 0. The topological polar surface area (TPSA) is 129 Å². The van der Waals surface area contributed by atoms with Crippen molar-refractivity contribution in [3.05, 3.63) is 98.8 Å². The average molecular weight is 811 g/mol. The summed E-state index contributed by atoms with van der Waals surface area (Å²) in [7, 11) is -1.90. The van der Waals surface area contributed by atoms with Crippen LogP contribution in [0.4, 0.5) is 8.78 Å². The number of phenolic OH excluding ortho intramolecular Hbond substituents is 1. The summed E-state index contributed by atoms with van der Waals surface area (Å²) in [5.74, 6) is 3.14. The molecule has 0 radical (unpaired) electrons. The molecule has 310 valence electrons. The summed E-state index contributed by atoms with van der Waals surface area (Å²) < 4.78 is 66.7. The van der Waals surface area contributed by atoms with Crippen molar-refractivity contribution in [2.45, 2.75) is 77.0 Å². The molecule has 1 unspecified atom stereocenters. The van der Waals surface area contributed by atoms with Crippen molar-refractivity contribution in [3.8, 4) is 28.4 Å². The maximum atomic E-state index is 12.6. The third-order valence-electron chi connectivity index (χ3n) is 12.1. The van der Waals surface area contributed by atoms with Gasteiger partial charge in [0.25, 0.3) is 10.1 Å². The first kappa shape index (κ1) is 42.6. The number of piperidine rings is 1. The van der Waals surface area contributed by atoms with Crippen LogP contribution in [0.1, 0.15) is 65.3 Å². The average Bonchev–Trinajstić information content (AvgIpc) is 3.55. The molecule has 0 aromatic heterocycles. The zero-order chi connectivity index (χ0) is 41.2. The Hall–Kier alpha value is -4.01. The van der Waals surface area contributed by atoms with Gasteiger partial charge in [-0.2, -0.15) is 8.42 Å². The number of aliphatic hydroxyl groups excluding tert-OH is 1. The number of hydrogen-bond donors (Lipinski definition) is 3. The van der Waals surface area contributed by atoms with Gasteiger partial charge in [-0.15, -0.1) is 0 Å². The molecule has 1 fully saturated rings. The Labute approximate surface area is 335 Å². The Bertz CT molecular complexity index is 2130. The molecule has 1 spiro atoms. The minimum absolute atomic E-state index is 0.00532. The molecular formula is C44H56F2N2O8S. The van der Waals surface area contributed by atoms with Gasteiger partial charge in [-0.3, -0.25) is 14.4 Å². The number of aryl methyl sites for hydroxylation is 2. The van der Waals surface area contributed by atoms with E-state index in [1.807, 2.05) is 19.1 Å². The normalized spacial score (nSPS) is 23.2. The number of methoxy groups -OCH3 is 1. The van der Waals surface area contributed by atoms with Crippen LogP contribution in [-0.2, 0) is 39.5 Å². The number of fused-ring (bicyclic) bond motifs is 2. The molecule has 57 heavy (non-hydrogen) atoms. The smallest absolute Gasteiger partial charge is 0.261 e. The SMILES string of the molecule is CCN1CC[C@@]23C4=CC=C(OC)[C@@H]2Oc2c(C)ccc(c23)CC41.CCN1CCc2cc(OCCF)cc3c2[C@H]1Cc1ccc(C)c(O)c1-3.CS(=O)(=O)O.OCCF. The fraction of sp³-hybridized carbons (Fsp3) is 0.500. The summed E-state index contributed by atoms with van der Waals surface area (Å²) in [6, 6.07) is 13.6. The number of aromatic hydroxyl groups is 1. The Balaban J connectivity index is 0.000000160. The summed E-state index contributed by atoms with van der Waals surface area (Å²) in [6.07, 6.45) is 9.30. The standard InChI is InChI=1S/C21H24FNO2.C20H23NO2.C2H5FO.CH4O3S/c1-3-23-8-6-15-10-16(25-9-7-22)12-17-19(15)18(23)11-14-5-4-13(2)21(24)20(14)17;1-4-21-10-9-20-14-7-8-16(22-3)19(20)23-18-12(2)5-6-13(17(18)20)11-15(14)21;3-1-2-4;1-5(2,3)4/h4-5,10,12,18,24H,3,6-9,11H2,1-2H3;5-8,15,19H,4,9-11H2,1-3H3;4H,1-2H2;1H3,(H,2,3,4)/t18-;15?,19-,20-;;/m10../s1.